The number of halogens is 1. The van der Waals surface area contributed by atoms with Crippen LogP contribution < -0.4 is 9.50 Å². The van der Waals surface area contributed by atoms with Gasteiger partial charge >= 0.3 is 10.5 Å². The van der Waals surface area contributed by atoms with Crippen LogP contribution in [0.2, 0.25) is 0 Å². The number of carbonyl (C=O) groups excluding carboxylic acids is 2. The van der Waals surface area contributed by atoms with E-state index in [1.165, 1.54) is 22.9 Å². The first kappa shape index (κ1) is 16.1. The van der Waals surface area contributed by atoms with Gasteiger partial charge in [-0.2, -0.15) is 13.5 Å². The second kappa shape index (κ2) is 6.04. The van der Waals surface area contributed by atoms with E-state index in [0.717, 1.165) is 0 Å². The summed E-state index contributed by atoms with van der Waals surface area (Å²) in [6.45, 7) is 0. The van der Waals surface area contributed by atoms with Gasteiger partial charge in [0, 0.05) is 18.2 Å². The number of carbonyl (C=O) groups is 2. The molecule has 2 heterocycles. The van der Waals surface area contributed by atoms with Crippen molar-refractivity contribution in [1.82, 2.24) is 15.1 Å². The number of hydrogen-bond donors (Lipinski definition) is 1. The Balaban J connectivity index is 1.84. The summed E-state index contributed by atoms with van der Waals surface area (Å²) in [5.74, 6) is -0.937. The third-order valence-corrected chi connectivity index (χ3v) is 3.85. The summed E-state index contributed by atoms with van der Waals surface area (Å²) in [5.41, 5.74) is 0.934. The van der Waals surface area contributed by atoms with Gasteiger partial charge in [0.2, 0.25) is 5.91 Å². The van der Waals surface area contributed by atoms with Crippen molar-refractivity contribution in [3.05, 3.63) is 36.5 Å². The first-order valence-electron chi connectivity index (χ1n) is 6.95. The monoisotopic (exact) mass is 353 g/mol. The lowest BCUT2D eigenvalue weighted by atomic mass is 10.1. The van der Waals surface area contributed by atoms with Crippen molar-refractivity contribution in [2.45, 2.75) is 18.9 Å². The Hall–Kier alpha value is -2.75. The van der Waals surface area contributed by atoms with Gasteiger partial charge in [0.05, 0.1) is 5.69 Å². The van der Waals surface area contributed by atoms with E-state index < -0.39 is 22.5 Å². The summed E-state index contributed by atoms with van der Waals surface area (Å²) < 4.78 is 39.3. The molecule has 1 N–H and O–H groups in total. The molecule has 2 amide bonds. The van der Waals surface area contributed by atoms with Crippen molar-refractivity contribution in [1.29, 1.82) is 0 Å². The van der Waals surface area contributed by atoms with Crippen LogP contribution in [-0.4, -0.2) is 30.0 Å². The fraction of sp³-hybridized carbons (Fsp3) is 0.214. The number of piperidine rings is 1. The predicted octanol–water partition coefficient (Wildman–Crippen LogP) is 1.12. The van der Waals surface area contributed by atoms with Crippen LogP contribution in [0, 0.1) is 0 Å². The maximum Gasteiger partial charge on any atom is 0.488 e. The van der Waals surface area contributed by atoms with Gasteiger partial charge in [0.15, 0.2) is 0 Å². The molecule has 1 unspecified atom stereocenters. The van der Waals surface area contributed by atoms with Crippen molar-refractivity contribution in [3.8, 4) is 17.0 Å². The standard InChI is InChI=1S/C14H12FN3O5S/c15-24(21,22)23-10-3-1-2-9(8-10)11-6-7-18(17-11)12-4-5-13(19)16-14(12)20/h1-3,6-8,12H,4-5H2,(H,16,19,20). The van der Waals surface area contributed by atoms with Crippen molar-refractivity contribution in [2.75, 3.05) is 0 Å². The van der Waals surface area contributed by atoms with Crippen LogP contribution in [0.15, 0.2) is 36.5 Å². The summed E-state index contributed by atoms with van der Waals surface area (Å²) in [7, 11) is -5.11. The summed E-state index contributed by atoms with van der Waals surface area (Å²) in [6, 6.07) is 6.75. The van der Waals surface area contributed by atoms with Crippen molar-refractivity contribution in [3.63, 3.8) is 0 Å². The molecule has 0 spiro atoms. The lowest BCUT2D eigenvalue weighted by Gasteiger charge is -2.20. The predicted molar refractivity (Wildman–Crippen MR) is 79.7 cm³/mol. The minimum Gasteiger partial charge on any atom is -0.358 e. The molecule has 1 aromatic carbocycles. The molecule has 0 saturated carbocycles. The van der Waals surface area contributed by atoms with E-state index in [1.807, 2.05) is 0 Å². The average molecular weight is 353 g/mol. The number of amides is 2. The summed E-state index contributed by atoms with van der Waals surface area (Å²) in [5, 5.41) is 6.51. The maximum absolute atomic E-state index is 12.6. The Kier molecular flexibility index (Phi) is 4.06. The van der Waals surface area contributed by atoms with Crippen LogP contribution in [0.5, 0.6) is 5.75 Å². The average Bonchev–Trinajstić information content (AvgIpc) is 2.95. The molecule has 1 aromatic heterocycles. The number of imide groups is 1. The van der Waals surface area contributed by atoms with E-state index in [9.17, 15) is 21.9 Å². The first-order valence-corrected chi connectivity index (χ1v) is 8.26. The second-order valence-corrected chi connectivity index (χ2v) is 6.11. The molecule has 10 heteroatoms. The van der Waals surface area contributed by atoms with Gasteiger partial charge in [-0.3, -0.25) is 19.6 Å². The van der Waals surface area contributed by atoms with Crippen LogP contribution in [0.1, 0.15) is 18.9 Å². The molecule has 1 atom stereocenters. The largest absolute Gasteiger partial charge is 0.488 e. The van der Waals surface area contributed by atoms with E-state index in [-0.39, 0.29) is 18.1 Å². The fourth-order valence-electron chi connectivity index (χ4n) is 2.42. The van der Waals surface area contributed by atoms with E-state index in [4.69, 9.17) is 0 Å². The molecule has 126 valence electrons. The molecule has 1 aliphatic rings. The van der Waals surface area contributed by atoms with Gasteiger partial charge in [-0.05, 0) is 24.6 Å². The van der Waals surface area contributed by atoms with Gasteiger partial charge in [0.25, 0.3) is 5.91 Å². The zero-order valence-corrected chi connectivity index (χ0v) is 13.0. The number of nitrogens with zero attached hydrogens (tertiary/aromatic N) is 2. The molecular weight excluding hydrogens is 341 g/mol. The topological polar surface area (TPSA) is 107 Å². The Morgan fingerprint density at radius 3 is 2.79 bits per heavy atom. The van der Waals surface area contributed by atoms with Gasteiger partial charge in [-0.25, -0.2) is 0 Å². The van der Waals surface area contributed by atoms with Crippen molar-refractivity contribution >= 4 is 22.3 Å². The lowest BCUT2D eigenvalue weighted by Crippen LogP contribution is -2.41. The number of benzene rings is 1. The molecular formula is C14H12FN3O5S. The maximum atomic E-state index is 12.6. The molecule has 8 nitrogen and oxygen atoms in total. The molecule has 0 aliphatic carbocycles. The van der Waals surface area contributed by atoms with E-state index >= 15 is 0 Å². The minimum absolute atomic E-state index is 0.189. The summed E-state index contributed by atoms with van der Waals surface area (Å²) in [4.78, 5) is 23.0. The van der Waals surface area contributed by atoms with Crippen LogP contribution >= 0.6 is 0 Å². The highest BCUT2D eigenvalue weighted by molar-refractivity contribution is 7.81. The molecule has 3 rings (SSSR count). The minimum atomic E-state index is -5.11. The van der Waals surface area contributed by atoms with Crippen LogP contribution in [0.4, 0.5) is 3.89 Å². The second-order valence-electron chi connectivity index (χ2n) is 5.15. The number of hydrogen-bond acceptors (Lipinski definition) is 6. The van der Waals surface area contributed by atoms with Crippen LogP contribution in [0.3, 0.4) is 0 Å². The highest BCUT2D eigenvalue weighted by Gasteiger charge is 2.28. The van der Waals surface area contributed by atoms with Crippen LogP contribution in [-0.2, 0) is 20.1 Å². The zero-order valence-electron chi connectivity index (χ0n) is 12.2. The quantitative estimate of drug-likeness (QED) is 0.652. The highest BCUT2D eigenvalue weighted by Crippen LogP contribution is 2.25. The Morgan fingerprint density at radius 1 is 1.29 bits per heavy atom. The normalized spacial score (nSPS) is 18.3. The molecule has 1 aliphatic heterocycles. The van der Waals surface area contributed by atoms with Gasteiger partial charge < -0.3 is 4.18 Å². The molecule has 0 radical (unpaired) electrons. The smallest absolute Gasteiger partial charge is 0.358 e. The summed E-state index contributed by atoms with van der Waals surface area (Å²) >= 11 is 0. The SMILES string of the molecule is O=C1CCC(n2ccc(-c3cccc(OS(=O)(=O)F)c3)n2)C(=O)N1. The molecule has 1 fully saturated rings. The zero-order chi connectivity index (χ0) is 17.3. The summed E-state index contributed by atoms with van der Waals surface area (Å²) in [6.07, 6.45) is 2.15. The Labute approximate surface area is 136 Å². The van der Waals surface area contributed by atoms with Gasteiger partial charge in [0.1, 0.15) is 11.8 Å². The van der Waals surface area contributed by atoms with Crippen molar-refractivity contribution in [2.24, 2.45) is 0 Å². The third kappa shape index (κ3) is 3.59. The van der Waals surface area contributed by atoms with Gasteiger partial charge in [-0.1, -0.05) is 16.0 Å². The molecule has 1 saturated heterocycles. The Morgan fingerprint density at radius 2 is 2.08 bits per heavy atom. The van der Waals surface area contributed by atoms with Crippen molar-refractivity contribution < 1.29 is 26.1 Å². The lowest BCUT2D eigenvalue weighted by molar-refractivity contribution is -0.135. The Bertz CT molecular complexity index is 909. The number of rotatable bonds is 4. The van der Waals surface area contributed by atoms with E-state index in [0.29, 0.717) is 17.7 Å². The fourth-order valence-corrected chi connectivity index (χ4v) is 2.76. The highest BCUT2D eigenvalue weighted by atomic mass is 32.3. The van der Waals surface area contributed by atoms with Crippen LogP contribution in [0.25, 0.3) is 11.3 Å². The van der Waals surface area contributed by atoms with E-state index in [1.54, 1.807) is 18.3 Å². The third-order valence-electron chi connectivity index (χ3n) is 3.46. The first-order chi connectivity index (χ1) is 11.3. The number of aromatic nitrogens is 2. The molecule has 2 aromatic rings. The van der Waals surface area contributed by atoms with E-state index in [2.05, 4.69) is 14.6 Å². The molecule has 0 bridgehead atoms. The molecule has 24 heavy (non-hydrogen) atoms. The van der Waals surface area contributed by atoms with Gasteiger partial charge in [-0.15, -0.1) is 0 Å². The number of nitrogens with one attached hydrogen (secondary N) is 1.